The van der Waals surface area contributed by atoms with E-state index in [-0.39, 0.29) is 35.3 Å². The van der Waals surface area contributed by atoms with Gasteiger partial charge in [0.05, 0.1) is 5.41 Å². The van der Waals surface area contributed by atoms with Gasteiger partial charge in [-0.15, -0.1) is 24.0 Å². The summed E-state index contributed by atoms with van der Waals surface area (Å²) in [4.78, 5) is 21.4. The molecule has 1 atom stereocenters. The van der Waals surface area contributed by atoms with Crippen LogP contribution in [-0.2, 0) is 4.79 Å². The Balaban J connectivity index is 0.00000338. The van der Waals surface area contributed by atoms with Crippen molar-refractivity contribution in [3.8, 4) is 0 Å². The summed E-state index contributed by atoms with van der Waals surface area (Å²) in [6, 6.07) is 0.560. The molecule has 1 saturated carbocycles. The third kappa shape index (κ3) is 5.97. The molecule has 1 amide bonds. The molecule has 1 saturated heterocycles. The lowest BCUT2D eigenvalue weighted by Crippen LogP contribution is -2.51. The Morgan fingerprint density at radius 1 is 1.15 bits per heavy atom. The predicted molar refractivity (Wildman–Crippen MR) is 119 cm³/mol. The van der Waals surface area contributed by atoms with E-state index < -0.39 is 0 Å². The number of rotatable bonds is 7. The number of likely N-dealkylation sites (tertiary alicyclic amines) is 1. The van der Waals surface area contributed by atoms with Crippen LogP contribution < -0.4 is 10.6 Å². The van der Waals surface area contributed by atoms with Crippen LogP contribution in [0.1, 0.15) is 51.9 Å². The zero-order valence-corrected chi connectivity index (χ0v) is 19.3. The van der Waals surface area contributed by atoms with Crippen LogP contribution in [-0.4, -0.2) is 75.0 Å². The van der Waals surface area contributed by atoms with E-state index >= 15 is 0 Å². The molecule has 0 aromatic rings. The third-order valence-corrected chi connectivity index (χ3v) is 5.87. The highest BCUT2D eigenvalue weighted by Gasteiger charge is 2.42. The van der Waals surface area contributed by atoms with Gasteiger partial charge in [-0.3, -0.25) is 14.7 Å². The molecule has 2 aliphatic rings. The fourth-order valence-electron chi connectivity index (χ4n) is 4.32. The Morgan fingerprint density at radius 3 is 2.27 bits per heavy atom. The second-order valence-electron chi connectivity index (χ2n) is 7.80. The third-order valence-electron chi connectivity index (χ3n) is 5.87. The first-order valence-electron chi connectivity index (χ1n) is 9.93. The molecule has 2 N–H and O–H groups in total. The quantitative estimate of drug-likeness (QED) is 0.334. The normalized spacial score (nSPS) is 21.2. The lowest BCUT2D eigenvalue weighted by molar-refractivity contribution is -0.138. The molecule has 1 aliphatic carbocycles. The minimum absolute atomic E-state index is 0. The predicted octanol–water partition coefficient (Wildman–Crippen LogP) is 2.29. The molecule has 0 aromatic carbocycles. The number of carbonyl (C=O) groups excluding carboxylic acids is 1. The molecule has 0 aromatic heterocycles. The molecule has 1 aliphatic heterocycles. The molecule has 6 nitrogen and oxygen atoms in total. The van der Waals surface area contributed by atoms with Crippen molar-refractivity contribution in [2.24, 2.45) is 10.4 Å². The van der Waals surface area contributed by atoms with Crippen molar-refractivity contribution in [3.63, 3.8) is 0 Å². The molecule has 1 unspecified atom stereocenters. The summed E-state index contributed by atoms with van der Waals surface area (Å²) < 4.78 is 0. The Morgan fingerprint density at radius 2 is 1.77 bits per heavy atom. The van der Waals surface area contributed by atoms with Gasteiger partial charge >= 0.3 is 0 Å². The van der Waals surface area contributed by atoms with Gasteiger partial charge < -0.3 is 15.5 Å². The summed E-state index contributed by atoms with van der Waals surface area (Å²) in [7, 11) is 5.52. The first-order chi connectivity index (χ1) is 12.0. The van der Waals surface area contributed by atoms with Gasteiger partial charge in [0, 0.05) is 40.3 Å². The molecule has 0 spiro atoms. The zero-order chi connectivity index (χ0) is 18.3. The second kappa shape index (κ2) is 11.3. The molecule has 26 heavy (non-hydrogen) atoms. The number of hydrogen-bond donors (Lipinski definition) is 2. The van der Waals surface area contributed by atoms with E-state index in [2.05, 4.69) is 27.4 Å². The number of carbonyl (C=O) groups is 1. The van der Waals surface area contributed by atoms with Crippen LogP contribution in [0.5, 0.6) is 0 Å². The van der Waals surface area contributed by atoms with Gasteiger partial charge in [-0.1, -0.05) is 19.8 Å². The van der Waals surface area contributed by atoms with Crippen LogP contribution in [0.2, 0.25) is 0 Å². The first kappa shape index (κ1) is 23.5. The Labute approximate surface area is 176 Å². The lowest BCUT2D eigenvalue weighted by Gasteiger charge is -2.32. The Hall–Kier alpha value is -0.570. The van der Waals surface area contributed by atoms with E-state index in [9.17, 15) is 4.79 Å². The number of guanidine groups is 1. The fourth-order valence-corrected chi connectivity index (χ4v) is 4.32. The van der Waals surface area contributed by atoms with Crippen molar-refractivity contribution in [1.29, 1.82) is 0 Å². The summed E-state index contributed by atoms with van der Waals surface area (Å²) in [5.74, 6) is 1.06. The van der Waals surface area contributed by atoms with Gasteiger partial charge in [-0.05, 0) is 45.2 Å². The van der Waals surface area contributed by atoms with Gasteiger partial charge in [0.1, 0.15) is 0 Å². The van der Waals surface area contributed by atoms with Gasteiger partial charge in [0.25, 0.3) is 0 Å². The van der Waals surface area contributed by atoms with Gasteiger partial charge in [-0.25, -0.2) is 0 Å². The molecular weight excluding hydrogens is 441 g/mol. The molecule has 2 rings (SSSR count). The molecule has 0 bridgehead atoms. The molecule has 7 heteroatoms. The topological polar surface area (TPSA) is 60.0 Å². The van der Waals surface area contributed by atoms with Crippen LogP contribution in [0.4, 0.5) is 0 Å². The maximum Gasteiger partial charge on any atom is 0.230 e. The highest BCUT2D eigenvalue weighted by Crippen LogP contribution is 2.38. The van der Waals surface area contributed by atoms with Crippen LogP contribution >= 0.6 is 24.0 Å². The number of nitrogens with one attached hydrogen (secondary N) is 2. The molecular formula is C19H38IN5O. The van der Waals surface area contributed by atoms with Crippen molar-refractivity contribution >= 4 is 35.8 Å². The van der Waals surface area contributed by atoms with Crippen LogP contribution in [0.25, 0.3) is 0 Å². The van der Waals surface area contributed by atoms with Gasteiger partial charge in [0.2, 0.25) is 5.91 Å². The van der Waals surface area contributed by atoms with E-state index in [1.807, 2.05) is 14.1 Å². The van der Waals surface area contributed by atoms with E-state index in [1.165, 1.54) is 25.9 Å². The maximum atomic E-state index is 12.7. The van der Waals surface area contributed by atoms with Crippen LogP contribution in [0.3, 0.4) is 0 Å². The minimum atomic E-state index is -0.264. The standard InChI is InChI=1S/C19H37N5O.HI/c1-5-16(24-12-8-9-13-24)14-21-18(20-2)22-15-19(10-6-7-11-19)17(25)23(3)4;/h16H,5-15H2,1-4H3,(H2,20,21,22);1H. The summed E-state index contributed by atoms with van der Waals surface area (Å²) in [5, 5.41) is 6.91. The maximum absolute atomic E-state index is 12.7. The Bertz CT molecular complexity index is 457. The lowest BCUT2D eigenvalue weighted by atomic mass is 9.84. The number of aliphatic imine (C=N–C) groups is 1. The highest BCUT2D eigenvalue weighted by molar-refractivity contribution is 14.0. The summed E-state index contributed by atoms with van der Waals surface area (Å²) in [6.07, 6.45) is 8.00. The van der Waals surface area contributed by atoms with E-state index in [0.29, 0.717) is 12.6 Å². The smallest absolute Gasteiger partial charge is 0.230 e. The average Bonchev–Trinajstić information content (AvgIpc) is 3.30. The van der Waals surface area contributed by atoms with E-state index in [0.717, 1.165) is 44.6 Å². The molecule has 1 heterocycles. The van der Waals surface area contributed by atoms with Gasteiger partial charge in [-0.2, -0.15) is 0 Å². The number of hydrogen-bond acceptors (Lipinski definition) is 3. The van der Waals surface area contributed by atoms with Crippen LogP contribution in [0.15, 0.2) is 4.99 Å². The van der Waals surface area contributed by atoms with E-state index in [1.54, 1.807) is 11.9 Å². The number of amides is 1. The molecule has 152 valence electrons. The van der Waals surface area contributed by atoms with Crippen LogP contribution in [0, 0.1) is 5.41 Å². The highest BCUT2D eigenvalue weighted by atomic mass is 127. The Kier molecular flexibility index (Phi) is 10.2. The average molecular weight is 479 g/mol. The van der Waals surface area contributed by atoms with Crippen molar-refractivity contribution in [3.05, 3.63) is 0 Å². The van der Waals surface area contributed by atoms with E-state index in [4.69, 9.17) is 0 Å². The zero-order valence-electron chi connectivity index (χ0n) is 17.0. The summed E-state index contributed by atoms with van der Waals surface area (Å²) >= 11 is 0. The number of halogens is 1. The van der Waals surface area contributed by atoms with Crippen molar-refractivity contribution in [2.45, 2.75) is 57.9 Å². The minimum Gasteiger partial charge on any atom is -0.355 e. The summed E-state index contributed by atoms with van der Waals surface area (Å²) in [6.45, 7) is 6.26. The van der Waals surface area contributed by atoms with Crippen molar-refractivity contribution in [2.75, 3.05) is 47.3 Å². The molecule has 2 fully saturated rings. The fraction of sp³-hybridized carbons (Fsp3) is 0.895. The first-order valence-corrected chi connectivity index (χ1v) is 9.93. The van der Waals surface area contributed by atoms with Gasteiger partial charge in [0.15, 0.2) is 5.96 Å². The largest absolute Gasteiger partial charge is 0.355 e. The SMILES string of the molecule is CCC(CNC(=NC)NCC1(C(=O)N(C)C)CCCC1)N1CCCC1.I. The second-order valence-corrected chi connectivity index (χ2v) is 7.80. The number of nitrogens with zero attached hydrogens (tertiary/aromatic N) is 3. The monoisotopic (exact) mass is 479 g/mol. The molecule has 0 radical (unpaired) electrons. The summed E-state index contributed by atoms with van der Waals surface area (Å²) in [5.41, 5.74) is -0.264. The van der Waals surface area contributed by atoms with Crippen molar-refractivity contribution in [1.82, 2.24) is 20.4 Å². The van der Waals surface area contributed by atoms with Crippen molar-refractivity contribution < 1.29 is 4.79 Å².